The standard InChI is InChI=1S/C26H37FN2O3/c1-18-16-28(9-10-29(18)26(31)20-6-3-4-7-20)17-22-13-23(27)12-21(19(22)2)14-24(30)15-25-8-5-11-32-25/h12-13,18,20,25H,3-11,14-17H2,1-2H3/t18-,25?/m0/s1. The lowest BCUT2D eigenvalue weighted by atomic mass is 9.95. The molecule has 0 aromatic heterocycles. The molecule has 3 aliphatic rings. The molecule has 2 atom stereocenters. The number of carbonyl (C=O) groups excluding carboxylic acids is 2. The molecule has 1 saturated carbocycles. The smallest absolute Gasteiger partial charge is 0.226 e. The van der Waals surface area contributed by atoms with Crippen molar-refractivity contribution in [1.82, 2.24) is 9.80 Å². The molecule has 1 amide bonds. The molecule has 6 heteroatoms. The van der Waals surface area contributed by atoms with Crippen LogP contribution >= 0.6 is 0 Å². The molecule has 5 nitrogen and oxygen atoms in total. The molecule has 3 fully saturated rings. The molecule has 0 radical (unpaired) electrons. The van der Waals surface area contributed by atoms with Crippen molar-refractivity contribution in [3.05, 3.63) is 34.6 Å². The molecule has 2 heterocycles. The van der Waals surface area contributed by atoms with E-state index in [2.05, 4.69) is 16.7 Å². The molecule has 1 aliphatic carbocycles. The second-order valence-electron chi connectivity index (χ2n) is 10.0. The molecular weight excluding hydrogens is 407 g/mol. The van der Waals surface area contributed by atoms with Crippen molar-refractivity contribution in [2.24, 2.45) is 5.92 Å². The van der Waals surface area contributed by atoms with E-state index < -0.39 is 0 Å². The fraction of sp³-hybridized carbons (Fsp3) is 0.692. The van der Waals surface area contributed by atoms with E-state index in [0.29, 0.717) is 18.9 Å². The summed E-state index contributed by atoms with van der Waals surface area (Å²) in [5.74, 6) is 0.366. The van der Waals surface area contributed by atoms with E-state index in [9.17, 15) is 14.0 Å². The van der Waals surface area contributed by atoms with Crippen LogP contribution in [0.2, 0.25) is 0 Å². The van der Waals surface area contributed by atoms with Gasteiger partial charge in [0.2, 0.25) is 5.91 Å². The highest BCUT2D eigenvalue weighted by molar-refractivity contribution is 5.82. The zero-order valence-corrected chi connectivity index (χ0v) is 19.6. The first-order valence-corrected chi connectivity index (χ1v) is 12.3. The van der Waals surface area contributed by atoms with Gasteiger partial charge in [-0.15, -0.1) is 0 Å². The zero-order valence-electron chi connectivity index (χ0n) is 19.6. The predicted molar refractivity (Wildman–Crippen MR) is 122 cm³/mol. The van der Waals surface area contributed by atoms with Crippen LogP contribution in [0.15, 0.2) is 12.1 Å². The third-order valence-corrected chi connectivity index (χ3v) is 7.55. The minimum atomic E-state index is -0.284. The van der Waals surface area contributed by atoms with Gasteiger partial charge in [0.15, 0.2) is 0 Å². The summed E-state index contributed by atoms with van der Waals surface area (Å²) >= 11 is 0. The maximum Gasteiger partial charge on any atom is 0.226 e. The molecule has 2 saturated heterocycles. The number of hydrogen-bond acceptors (Lipinski definition) is 4. The van der Waals surface area contributed by atoms with E-state index in [1.807, 2.05) is 6.92 Å². The zero-order chi connectivity index (χ0) is 22.7. The molecule has 2 aliphatic heterocycles. The van der Waals surface area contributed by atoms with Crippen molar-refractivity contribution >= 4 is 11.7 Å². The molecule has 1 aromatic rings. The van der Waals surface area contributed by atoms with Gasteiger partial charge in [0.1, 0.15) is 11.6 Å². The maximum atomic E-state index is 14.4. The van der Waals surface area contributed by atoms with Gasteiger partial charge in [-0.25, -0.2) is 4.39 Å². The van der Waals surface area contributed by atoms with Crippen molar-refractivity contribution in [2.45, 2.75) is 83.9 Å². The van der Waals surface area contributed by atoms with Crippen LogP contribution in [0.1, 0.15) is 68.6 Å². The van der Waals surface area contributed by atoms with Gasteiger partial charge in [-0.1, -0.05) is 12.8 Å². The predicted octanol–water partition coefficient (Wildman–Crippen LogP) is 4.04. The molecule has 0 bridgehead atoms. The number of Topliss-reactive ketones (excluding diaryl/α,β-unsaturated/α-hetero) is 1. The lowest BCUT2D eigenvalue weighted by molar-refractivity contribution is -0.140. The summed E-state index contributed by atoms with van der Waals surface area (Å²) in [5.41, 5.74) is 2.72. The highest BCUT2D eigenvalue weighted by atomic mass is 19.1. The normalized spacial score (nSPS) is 24.9. The fourth-order valence-electron chi connectivity index (χ4n) is 5.64. The number of rotatable bonds is 7. The van der Waals surface area contributed by atoms with E-state index in [0.717, 1.165) is 68.6 Å². The van der Waals surface area contributed by atoms with Gasteiger partial charge in [-0.05, 0) is 68.4 Å². The van der Waals surface area contributed by atoms with Gasteiger partial charge < -0.3 is 9.64 Å². The Morgan fingerprint density at radius 3 is 2.53 bits per heavy atom. The first-order chi connectivity index (χ1) is 15.4. The third kappa shape index (κ3) is 5.57. The second kappa shape index (κ2) is 10.4. The molecule has 176 valence electrons. The average Bonchev–Trinajstić information content (AvgIpc) is 3.45. The lowest BCUT2D eigenvalue weighted by Crippen LogP contribution is -2.54. The summed E-state index contributed by atoms with van der Waals surface area (Å²) in [6.45, 7) is 7.82. The van der Waals surface area contributed by atoms with Crippen molar-refractivity contribution in [1.29, 1.82) is 0 Å². The van der Waals surface area contributed by atoms with E-state index in [1.54, 1.807) is 6.07 Å². The van der Waals surface area contributed by atoms with Gasteiger partial charge in [0, 0.05) is 57.6 Å². The maximum absolute atomic E-state index is 14.4. The van der Waals surface area contributed by atoms with Gasteiger partial charge >= 0.3 is 0 Å². The Kier molecular flexibility index (Phi) is 7.62. The lowest BCUT2D eigenvalue weighted by Gasteiger charge is -2.41. The molecule has 1 unspecified atom stereocenters. The van der Waals surface area contributed by atoms with E-state index in [-0.39, 0.29) is 36.1 Å². The monoisotopic (exact) mass is 444 g/mol. The van der Waals surface area contributed by atoms with Gasteiger partial charge in [0.25, 0.3) is 0 Å². The number of amides is 1. The minimum absolute atomic E-state index is 0.0283. The summed E-state index contributed by atoms with van der Waals surface area (Å²) in [4.78, 5) is 29.8. The number of benzene rings is 1. The third-order valence-electron chi connectivity index (χ3n) is 7.55. The molecular formula is C26H37FN2O3. The van der Waals surface area contributed by atoms with E-state index >= 15 is 0 Å². The fourth-order valence-corrected chi connectivity index (χ4v) is 5.64. The Balaban J connectivity index is 1.36. The van der Waals surface area contributed by atoms with Crippen LogP contribution in [-0.2, 0) is 27.3 Å². The second-order valence-corrected chi connectivity index (χ2v) is 10.0. The van der Waals surface area contributed by atoms with Gasteiger partial charge in [-0.2, -0.15) is 0 Å². The molecule has 0 spiro atoms. The summed E-state index contributed by atoms with van der Waals surface area (Å²) in [6, 6.07) is 3.27. The average molecular weight is 445 g/mol. The van der Waals surface area contributed by atoms with Crippen LogP contribution in [0.25, 0.3) is 0 Å². The number of ketones is 1. The van der Waals surface area contributed by atoms with Gasteiger partial charge in [0.05, 0.1) is 6.10 Å². The van der Waals surface area contributed by atoms with Crippen molar-refractivity contribution < 1.29 is 18.7 Å². The topological polar surface area (TPSA) is 49.9 Å². The first-order valence-electron chi connectivity index (χ1n) is 12.3. The van der Waals surface area contributed by atoms with Crippen LogP contribution in [0.3, 0.4) is 0 Å². The Hall–Kier alpha value is -1.79. The SMILES string of the molecule is Cc1c(CC(=O)CC2CCCO2)cc(F)cc1CN1CCN(C(=O)C2CCCC2)[C@@H](C)C1. The summed E-state index contributed by atoms with van der Waals surface area (Å²) in [6.07, 6.45) is 7.05. The van der Waals surface area contributed by atoms with E-state index in [4.69, 9.17) is 4.74 Å². The van der Waals surface area contributed by atoms with Crippen LogP contribution in [-0.4, -0.2) is 59.9 Å². The van der Waals surface area contributed by atoms with Crippen molar-refractivity contribution in [2.75, 3.05) is 26.2 Å². The van der Waals surface area contributed by atoms with Crippen LogP contribution in [0.4, 0.5) is 4.39 Å². The number of ether oxygens (including phenoxy) is 1. The minimum Gasteiger partial charge on any atom is -0.378 e. The van der Waals surface area contributed by atoms with Crippen LogP contribution in [0, 0.1) is 18.7 Å². The van der Waals surface area contributed by atoms with Gasteiger partial charge in [-0.3, -0.25) is 14.5 Å². The highest BCUT2D eigenvalue weighted by Crippen LogP contribution is 2.28. The Labute approximate surface area is 191 Å². The largest absolute Gasteiger partial charge is 0.378 e. The van der Waals surface area contributed by atoms with Crippen LogP contribution in [0.5, 0.6) is 0 Å². The summed E-state index contributed by atoms with van der Waals surface area (Å²) in [7, 11) is 0. The molecule has 1 aromatic carbocycles. The van der Waals surface area contributed by atoms with Crippen LogP contribution < -0.4 is 0 Å². The Morgan fingerprint density at radius 1 is 1.09 bits per heavy atom. The number of hydrogen-bond donors (Lipinski definition) is 0. The van der Waals surface area contributed by atoms with E-state index in [1.165, 1.54) is 18.9 Å². The summed E-state index contributed by atoms with van der Waals surface area (Å²) < 4.78 is 20.0. The number of carbonyl (C=O) groups is 2. The Morgan fingerprint density at radius 2 is 1.84 bits per heavy atom. The number of halogens is 1. The van der Waals surface area contributed by atoms with Crippen molar-refractivity contribution in [3.8, 4) is 0 Å². The first kappa shape index (κ1) is 23.4. The summed E-state index contributed by atoms with van der Waals surface area (Å²) in [5, 5.41) is 0. The molecule has 32 heavy (non-hydrogen) atoms. The molecule has 0 N–H and O–H groups in total. The van der Waals surface area contributed by atoms with Crippen molar-refractivity contribution in [3.63, 3.8) is 0 Å². The Bertz CT molecular complexity index is 831. The number of piperazine rings is 1. The quantitative estimate of drug-likeness (QED) is 0.637. The molecule has 4 rings (SSSR count). The highest BCUT2D eigenvalue weighted by Gasteiger charge is 2.33. The number of nitrogens with zero attached hydrogens (tertiary/aromatic N) is 2.